The topological polar surface area (TPSA) is 105 Å². The minimum absolute atomic E-state index is 0.0154. The lowest BCUT2D eigenvalue weighted by Crippen LogP contribution is -2.54. The molecule has 3 aliphatic rings. The maximum atomic E-state index is 13.5. The van der Waals surface area contributed by atoms with Crippen LogP contribution in [0.1, 0.15) is 24.5 Å². The highest BCUT2D eigenvalue weighted by Crippen LogP contribution is 2.60. The Labute approximate surface area is 189 Å². The van der Waals surface area contributed by atoms with Gasteiger partial charge in [-0.05, 0) is 44.4 Å². The summed E-state index contributed by atoms with van der Waals surface area (Å²) >= 11 is 3.59. The number of nitrogens with one attached hydrogen (secondary N) is 1. The summed E-state index contributed by atoms with van der Waals surface area (Å²) in [6, 6.07) is 4.79. The fraction of sp³-hybridized carbons (Fsp3) is 0.591. The fourth-order valence-electron chi connectivity index (χ4n) is 5.36. The number of β-amino-alcohol motifs (C(OH)–C–C–N with tert-alkyl or cyclic N) is 1. The number of aryl methyl sites for hydroxylation is 2. The first-order valence-corrected chi connectivity index (χ1v) is 11.4. The summed E-state index contributed by atoms with van der Waals surface area (Å²) in [4.78, 5) is 40.9. The minimum Gasteiger partial charge on any atom is -0.466 e. The number of hydrogen-bond donors (Lipinski definition) is 2. The number of aliphatic hydroxyl groups is 1. The third-order valence-corrected chi connectivity index (χ3v) is 7.43. The number of alkyl halides is 1. The molecule has 0 radical (unpaired) electrons. The SMILES string of the molecule is CCOC(=O)[C@@H]1[C@H]2O[C@@]3(CC2Br)[C@H](C(=O)Nc2cc(C)ccc2C)N(CCO)C(=O)[C@@H]13. The van der Waals surface area contributed by atoms with Gasteiger partial charge in [-0.25, -0.2) is 0 Å². The molecule has 1 aromatic rings. The van der Waals surface area contributed by atoms with Crippen molar-refractivity contribution >= 4 is 39.4 Å². The van der Waals surface area contributed by atoms with Gasteiger partial charge in [0, 0.05) is 17.1 Å². The van der Waals surface area contributed by atoms with Gasteiger partial charge in [-0.2, -0.15) is 0 Å². The van der Waals surface area contributed by atoms with Crippen LogP contribution in [-0.4, -0.2) is 70.1 Å². The summed E-state index contributed by atoms with van der Waals surface area (Å²) in [6.45, 7) is 5.42. The predicted molar refractivity (Wildman–Crippen MR) is 116 cm³/mol. The molecule has 0 aliphatic carbocycles. The molecule has 1 unspecified atom stereocenters. The van der Waals surface area contributed by atoms with Gasteiger partial charge in [-0.15, -0.1) is 0 Å². The molecular formula is C22H27BrN2O6. The summed E-state index contributed by atoms with van der Waals surface area (Å²) < 4.78 is 11.5. The Bertz CT molecular complexity index is 923. The van der Waals surface area contributed by atoms with E-state index >= 15 is 0 Å². The lowest BCUT2D eigenvalue weighted by Gasteiger charge is -2.34. The molecule has 2 N–H and O–H groups in total. The van der Waals surface area contributed by atoms with E-state index in [-0.39, 0.29) is 36.4 Å². The average Bonchev–Trinajstić information content (AvgIpc) is 3.29. The number of benzene rings is 1. The first kappa shape index (κ1) is 22.2. The molecule has 2 amide bonds. The molecule has 8 nitrogen and oxygen atoms in total. The molecule has 0 saturated carbocycles. The highest BCUT2D eigenvalue weighted by molar-refractivity contribution is 9.09. The molecular weight excluding hydrogens is 468 g/mol. The van der Waals surface area contributed by atoms with E-state index in [4.69, 9.17) is 9.47 Å². The molecule has 0 aromatic heterocycles. The van der Waals surface area contributed by atoms with Gasteiger partial charge in [0.25, 0.3) is 0 Å². The van der Waals surface area contributed by atoms with E-state index in [1.807, 2.05) is 32.0 Å². The van der Waals surface area contributed by atoms with Crippen LogP contribution in [0.4, 0.5) is 5.69 Å². The van der Waals surface area contributed by atoms with Crippen molar-refractivity contribution in [3.63, 3.8) is 0 Å². The van der Waals surface area contributed by atoms with Crippen molar-refractivity contribution in [2.45, 2.75) is 49.8 Å². The quantitative estimate of drug-likeness (QED) is 0.459. The van der Waals surface area contributed by atoms with Crippen LogP contribution in [0.5, 0.6) is 0 Å². The molecule has 3 aliphatic heterocycles. The van der Waals surface area contributed by atoms with E-state index < -0.39 is 35.6 Å². The van der Waals surface area contributed by atoms with Crippen molar-refractivity contribution < 1.29 is 29.0 Å². The zero-order valence-electron chi connectivity index (χ0n) is 17.8. The number of rotatable bonds is 6. The summed E-state index contributed by atoms with van der Waals surface area (Å²) in [6.07, 6.45) is -0.128. The van der Waals surface area contributed by atoms with Gasteiger partial charge in [0.2, 0.25) is 11.8 Å². The van der Waals surface area contributed by atoms with Crippen LogP contribution in [-0.2, 0) is 23.9 Å². The second-order valence-electron chi connectivity index (χ2n) is 8.48. The first-order valence-electron chi connectivity index (χ1n) is 10.5. The fourth-order valence-corrected chi connectivity index (χ4v) is 6.30. The number of carbonyl (C=O) groups excluding carboxylic acids is 3. The maximum absolute atomic E-state index is 13.5. The van der Waals surface area contributed by atoms with Gasteiger partial charge in [-0.3, -0.25) is 14.4 Å². The summed E-state index contributed by atoms with van der Waals surface area (Å²) in [7, 11) is 0. The Balaban J connectivity index is 1.72. The molecule has 4 rings (SSSR count). The molecule has 1 spiro atoms. The van der Waals surface area contributed by atoms with Gasteiger partial charge in [0.1, 0.15) is 11.6 Å². The van der Waals surface area contributed by atoms with Crippen LogP contribution in [0.25, 0.3) is 0 Å². The number of carbonyl (C=O) groups is 3. The summed E-state index contributed by atoms with van der Waals surface area (Å²) in [5.41, 5.74) is 1.40. The van der Waals surface area contributed by atoms with E-state index in [9.17, 15) is 19.5 Å². The molecule has 2 bridgehead atoms. The summed E-state index contributed by atoms with van der Waals surface area (Å²) in [5.74, 6) is -2.83. The van der Waals surface area contributed by atoms with E-state index in [1.165, 1.54) is 4.90 Å². The third-order valence-electron chi connectivity index (χ3n) is 6.59. The number of halogens is 1. The average molecular weight is 495 g/mol. The zero-order chi connectivity index (χ0) is 22.5. The van der Waals surface area contributed by atoms with E-state index in [2.05, 4.69) is 21.2 Å². The van der Waals surface area contributed by atoms with Crippen molar-refractivity contribution in [1.82, 2.24) is 4.90 Å². The number of esters is 1. The molecule has 3 fully saturated rings. The monoisotopic (exact) mass is 494 g/mol. The second kappa shape index (κ2) is 8.18. The number of hydrogen-bond acceptors (Lipinski definition) is 6. The van der Waals surface area contributed by atoms with Crippen molar-refractivity contribution in [3.8, 4) is 0 Å². The number of amides is 2. The lowest BCUT2D eigenvalue weighted by atomic mass is 9.70. The van der Waals surface area contributed by atoms with Crippen molar-refractivity contribution in [3.05, 3.63) is 29.3 Å². The number of likely N-dealkylation sites (tertiary alicyclic amines) is 1. The van der Waals surface area contributed by atoms with Crippen molar-refractivity contribution in [2.24, 2.45) is 11.8 Å². The van der Waals surface area contributed by atoms with E-state index in [0.717, 1.165) is 11.1 Å². The predicted octanol–water partition coefficient (Wildman–Crippen LogP) is 1.55. The van der Waals surface area contributed by atoms with Crippen LogP contribution >= 0.6 is 15.9 Å². The van der Waals surface area contributed by atoms with Crippen LogP contribution in [0.3, 0.4) is 0 Å². The zero-order valence-corrected chi connectivity index (χ0v) is 19.3. The Morgan fingerprint density at radius 2 is 2.13 bits per heavy atom. The van der Waals surface area contributed by atoms with Gasteiger partial charge >= 0.3 is 5.97 Å². The molecule has 9 heteroatoms. The van der Waals surface area contributed by atoms with E-state index in [1.54, 1.807) is 6.92 Å². The van der Waals surface area contributed by atoms with Crippen LogP contribution in [0.15, 0.2) is 18.2 Å². The normalized spacial score (nSPS) is 33.5. The Morgan fingerprint density at radius 1 is 1.39 bits per heavy atom. The molecule has 168 valence electrons. The van der Waals surface area contributed by atoms with Crippen molar-refractivity contribution in [2.75, 3.05) is 25.1 Å². The van der Waals surface area contributed by atoms with Crippen molar-refractivity contribution in [1.29, 1.82) is 0 Å². The molecule has 6 atom stereocenters. The van der Waals surface area contributed by atoms with Gasteiger partial charge in [-0.1, -0.05) is 28.1 Å². The van der Waals surface area contributed by atoms with Gasteiger partial charge < -0.3 is 24.8 Å². The number of aliphatic hydroxyl groups excluding tert-OH is 1. The Hall–Kier alpha value is -1.97. The lowest BCUT2D eigenvalue weighted by molar-refractivity contribution is -0.154. The van der Waals surface area contributed by atoms with Crippen LogP contribution in [0.2, 0.25) is 0 Å². The number of anilines is 1. The Kier molecular flexibility index (Phi) is 5.87. The van der Waals surface area contributed by atoms with Gasteiger partial charge in [0.15, 0.2) is 0 Å². The van der Waals surface area contributed by atoms with Crippen LogP contribution < -0.4 is 5.32 Å². The summed E-state index contributed by atoms with van der Waals surface area (Å²) in [5, 5.41) is 12.5. The maximum Gasteiger partial charge on any atom is 0.312 e. The van der Waals surface area contributed by atoms with Gasteiger partial charge in [0.05, 0.1) is 31.2 Å². The first-order chi connectivity index (χ1) is 14.7. The highest BCUT2D eigenvalue weighted by atomic mass is 79.9. The molecule has 1 aromatic carbocycles. The number of fused-ring (bicyclic) bond motifs is 1. The molecule has 3 heterocycles. The second-order valence-corrected chi connectivity index (χ2v) is 9.65. The van der Waals surface area contributed by atoms with E-state index in [0.29, 0.717) is 12.1 Å². The standard InChI is InChI=1S/C22H27BrN2O6/c1-4-30-21(29)15-16-20(28)25(7-8-26)18(22(16)10-13(23)17(15)31-22)19(27)24-14-9-11(2)5-6-12(14)3/h5-6,9,13,15-18,26H,4,7-8,10H2,1-3H3,(H,24,27)/t13?,15-,16+,17-,18-,22+/m0/s1. The number of nitrogens with zero attached hydrogens (tertiary/aromatic N) is 1. The number of ether oxygens (including phenoxy) is 2. The largest absolute Gasteiger partial charge is 0.466 e. The van der Waals surface area contributed by atoms with Crippen LogP contribution in [0, 0.1) is 25.7 Å². The molecule has 31 heavy (non-hydrogen) atoms. The smallest absolute Gasteiger partial charge is 0.312 e. The highest BCUT2D eigenvalue weighted by Gasteiger charge is 2.76. The minimum atomic E-state index is -1.15. The third kappa shape index (κ3) is 3.37. The molecule has 3 saturated heterocycles. The Morgan fingerprint density at radius 3 is 2.81 bits per heavy atom.